The quantitative estimate of drug-likeness (QED) is 0.881. The summed E-state index contributed by atoms with van der Waals surface area (Å²) in [5.41, 5.74) is 1.69. The number of benzene rings is 1. The Morgan fingerprint density at radius 3 is 2.50 bits per heavy atom. The molecular formula is C16H22N2O2. The fourth-order valence-electron chi connectivity index (χ4n) is 2.33. The largest absolute Gasteiger partial charge is 0.384 e. The molecular weight excluding hydrogens is 252 g/mol. The molecule has 0 fully saturated rings. The third kappa shape index (κ3) is 3.08. The van der Waals surface area contributed by atoms with E-state index in [0.717, 1.165) is 11.4 Å². The predicted molar refractivity (Wildman–Crippen MR) is 78.8 cm³/mol. The highest BCUT2D eigenvalue weighted by atomic mass is 16.5. The lowest BCUT2D eigenvalue weighted by molar-refractivity contribution is -0.0609. The number of aliphatic hydroxyl groups is 1. The monoisotopic (exact) mass is 274 g/mol. The van der Waals surface area contributed by atoms with Crippen LogP contribution in [0.4, 0.5) is 0 Å². The van der Waals surface area contributed by atoms with Crippen molar-refractivity contribution in [3.8, 4) is 5.69 Å². The summed E-state index contributed by atoms with van der Waals surface area (Å²) < 4.78 is 7.45. The fourth-order valence-corrected chi connectivity index (χ4v) is 2.33. The van der Waals surface area contributed by atoms with Gasteiger partial charge in [-0.25, -0.2) is 4.68 Å². The summed E-state index contributed by atoms with van der Waals surface area (Å²) in [6.07, 6.45) is 0.770. The van der Waals surface area contributed by atoms with Crippen LogP contribution in [-0.4, -0.2) is 27.6 Å². The fraction of sp³-hybridized carbons (Fsp3) is 0.438. The molecule has 4 heteroatoms. The normalized spacial score (nSPS) is 14.4. The Kier molecular flexibility index (Phi) is 4.93. The maximum Gasteiger partial charge on any atom is 0.122 e. The first kappa shape index (κ1) is 14.8. The molecule has 0 aliphatic rings. The third-order valence-electron chi connectivity index (χ3n) is 3.30. The molecule has 2 atom stereocenters. The molecule has 0 saturated heterocycles. The third-order valence-corrected chi connectivity index (χ3v) is 3.30. The van der Waals surface area contributed by atoms with E-state index in [1.165, 1.54) is 0 Å². The van der Waals surface area contributed by atoms with E-state index in [-0.39, 0.29) is 12.0 Å². The van der Waals surface area contributed by atoms with Gasteiger partial charge in [0.2, 0.25) is 0 Å². The van der Waals surface area contributed by atoms with Gasteiger partial charge < -0.3 is 9.84 Å². The molecule has 1 aromatic carbocycles. The number of aliphatic hydroxyl groups excluding tert-OH is 1. The van der Waals surface area contributed by atoms with E-state index in [1.807, 2.05) is 57.2 Å². The lowest BCUT2D eigenvalue weighted by atomic mass is 9.99. The highest BCUT2D eigenvalue weighted by Gasteiger charge is 2.27. The minimum atomic E-state index is -0.697. The number of hydrogen-bond donors (Lipinski definition) is 1. The maximum absolute atomic E-state index is 10.6. The van der Waals surface area contributed by atoms with Crippen LogP contribution >= 0.6 is 0 Å². The molecule has 0 saturated carbocycles. The summed E-state index contributed by atoms with van der Waals surface area (Å²) in [6, 6.07) is 11.6. The molecule has 1 N–H and O–H groups in total. The number of para-hydroxylation sites is 1. The number of nitrogens with zero attached hydrogens (tertiary/aromatic N) is 2. The first-order chi connectivity index (χ1) is 9.65. The van der Waals surface area contributed by atoms with Crippen molar-refractivity contribution in [3.05, 3.63) is 48.3 Å². The predicted octanol–water partition coefficient (Wildman–Crippen LogP) is 2.97. The standard InChI is InChI=1S/C16H22N2O2/c1-4-20-16(12(2)3)15(19)14-10-11-17-18(14)13-8-6-5-7-9-13/h5-12,15-16,19H,4H2,1-3H3. The zero-order valence-corrected chi connectivity index (χ0v) is 12.2. The lowest BCUT2D eigenvalue weighted by Crippen LogP contribution is -2.29. The second kappa shape index (κ2) is 6.68. The molecule has 2 unspecified atom stereocenters. The molecule has 2 rings (SSSR count). The van der Waals surface area contributed by atoms with Crippen molar-refractivity contribution < 1.29 is 9.84 Å². The van der Waals surface area contributed by atoms with E-state index in [2.05, 4.69) is 5.10 Å². The Labute approximate surface area is 120 Å². The molecule has 0 bridgehead atoms. The highest BCUT2D eigenvalue weighted by molar-refractivity contribution is 5.33. The van der Waals surface area contributed by atoms with Crippen LogP contribution in [0.1, 0.15) is 32.6 Å². The Hall–Kier alpha value is -1.65. The summed E-state index contributed by atoms with van der Waals surface area (Å²) in [6.45, 7) is 6.62. The molecule has 4 nitrogen and oxygen atoms in total. The van der Waals surface area contributed by atoms with E-state index in [4.69, 9.17) is 4.74 Å². The van der Waals surface area contributed by atoms with Crippen molar-refractivity contribution in [2.75, 3.05) is 6.61 Å². The van der Waals surface area contributed by atoms with Gasteiger partial charge in [0.15, 0.2) is 0 Å². The molecule has 1 aromatic heterocycles. The molecule has 0 amide bonds. The van der Waals surface area contributed by atoms with Gasteiger partial charge >= 0.3 is 0 Å². The first-order valence-electron chi connectivity index (χ1n) is 7.04. The molecule has 0 aliphatic heterocycles. The van der Waals surface area contributed by atoms with Crippen LogP contribution in [0.2, 0.25) is 0 Å². The summed E-state index contributed by atoms with van der Waals surface area (Å²) in [5, 5.41) is 14.9. The van der Waals surface area contributed by atoms with Gasteiger partial charge in [0.05, 0.1) is 17.5 Å². The summed E-state index contributed by atoms with van der Waals surface area (Å²) >= 11 is 0. The van der Waals surface area contributed by atoms with Crippen molar-refractivity contribution in [1.29, 1.82) is 0 Å². The zero-order valence-electron chi connectivity index (χ0n) is 12.2. The summed E-state index contributed by atoms with van der Waals surface area (Å²) in [4.78, 5) is 0. The van der Waals surface area contributed by atoms with Crippen LogP contribution in [0.25, 0.3) is 5.69 Å². The smallest absolute Gasteiger partial charge is 0.122 e. The van der Waals surface area contributed by atoms with Gasteiger partial charge in [0.1, 0.15) is 6.10 Å². The molecule has 0 radical (unpaired) electrons. The van der Waals surface area contributed by atoms with Gasteiger partial charge in [-0.2, -0.15) is 5.10 Å². The Morgan fingerprint density at radius 2 is 1.90 bits per heavy atom. The summed E-state index contributed by atoms with van der Waals surface area (Å²) in [7, 11) is 0. The second-order valence-electron chi connectivity index (χ2n) is 5.11. The van der Waals surface area contributed by atoms with Gasteiger partial charge in [-0.15, -0.1) is 0 Å². The molecule has 2 aromatic rings. The maximum atomic E-state index is 10.6. The van der Waals surface area contributed by atoms with Crippen LogP contribution in [0.3, 0.4) is 0 Å². The van der Waals surface area contributed by atoms with Crippen LogP contribution < -0.4 is 0 Å². The zero-order chi connectivity index (χ0) is 14.5. The first-order valence-corrected chi connectivity index (χ1v) is 7.04. The topological polar surface area (TPSA) is 47.3 Å². The second-order valence-corrected chi connectivity index (χ2v) is 5.11. The molecule has 20 heavy (non-hydrogen) atoms. The van der Waals surface area contributed by atoms with Crippen LogP contribution in [0.15, 0.2) is 42.6 Å². The van der Waals surface area contributed by atoms with Gasteiger partial charge in [0, 0.05) is 12.8 Å². The van der Waals surface area contributed by atoms with E-state index in [0.29, 0.717) is 6.61 Å². The lowest BCUT2D eigenvalue weighted by Gasteiger charge is -2.26. The average Bonchev–Trinajstić information content (AvgIpc) is 2.94. The Morgan fingerprint density at radius 1 is 1.20 bits per heavy atom. The van der Waals surface area contributed by atoms with Crippen LogP contribution in [-0.2, 0) is 4.74 Å². The van der Waals surface area contributed by atoms with E-state index >= 15 is 0 Å². The van der Waals surface area contributed by atoms with Crippen molar-refractivity contribution in [3.63, 3.8) is 0 Å². The minimum Gasteiger partial charge on any atom is -0.384 e. The SMILES string of the molecule is CCOC(C(C)C)C(O)c1ccnn1-c1ccccc1. The van der Waals surface area contributed by atoms with Crippen molar-refractivity contribution in [1.82, 2.24) is 9.78 Å². The van der Waals surface area contributed by atoms with Crippen molar-refractivity contribution in [2.45, 2.75) is 33.0 Å². The molecule has 108 valence electrons. The van der Waals surface area contributed by atoms with Crippen LogP contribution in [0.5, 0.6) is 0 Å². The average molecular weight is 274 g/mol. The van der Waals surface area contributed by atoms with Gasteiger partial charge in [-0.05, 0) is 31.0 Å². The van der Waals surface area contributed by atoms with E-state index < -0.39 is 6.10 Å². The van der Waals surface area contributed by atoms with Crippen LogP contribution in [0, 0.1) is 5.92 Å². The van der Waals surface area contributed by atoms with Gasteiger partial charge in [0.25, 0.3) is 0 Å². The number of rotatable bonds is 6. The van der Waals surface area contributed by atoms with E-state index in [9.17, 15) is 5.11 Å². The number of aromatic nitrogens is 2. The molecule has 0 spiro atoms. The molecule has 0 aliphatic carbocycles. The summed E-state index contributed by atoms with van der Waals surface area (Å²) in [5.74, 6) is 0.226. The number of ether oxygens (including phenoxy) is 1. The highest BCUT2D eigenvalue weighted by Crippen LogP contribution is 2.26. The Bertz CT molecular complexity index is 522. The number of hydrogen-bond acceptors (Lipinski definition) is 3. The van der Waals surface area contributed by atoms with Gasteiger partial charge in [-0.1, -0.05) is 32.0 Å². The minimum absolute atomic E-state index is 0.226. The van der Waals surface area contributed by atoms with Gasteiger partial charge in [-0.3, -0.25) is 0 Å². The van der Waals surface area contributed by atoms with Crippen molar-refractivity contribution in [2.24, 2.45) is 5.92 Å². The Balaban J connectivity index is 2.31. The van der Waals surface area contributed by atoms with E-state index in [1.54, 1.807) is 10.9 Å². The molecule has 1 heterocycles. The van der Waals surface area contributed by atoms with Crippen molar-refractivity contribution >= 4 is 0 Å².